The first kappa shape index (κ1) is 25.9. The number of nitrogens with zero attached hydrogens (tertiary/aromatic N) is 3. The number of carbonyl (C=O) groups excluding carboxylic acids is 2. The van der Waals surface area contributed by atoms with E-state index in [1.165, 1.54) is 12.1 Å². The van der Waals surface area contributed by atoms with Crippen LogP contribution in [0.3, 0.4) is 0 Å². The fraction of sp³-hybridized carbons (Fsp3) is 0.429. The van der Waals surface area contributed by atoms with Gasteiger partial charge in [-0.1, -0.05) is 30.3 Å². The van der Waals surface area contributed by atoms with Crippen molar-refractivity contribution in [1.82, 2.24) is 0 Å². The Kier molecular flexibility index (Phi) is 6.50. The van der Waals surface area contributed by atoms with Crippen LogP contribution < -0.4 is 4.90 Å². The fourth-order valence-electron chi connectivity index (χ4n) is 6.30. The molecule has 4 atom stereocenters. The number of ether oxygens (including phenoxy) is 2. The molecule has 0 aliphatic carbocycles. The van der Waals surface area contributed by atoms with E-state index in [1.54, 1.807) is 0 Å². The molecule has 38 heavy (non-hydrogen) atoms. The van der Waals surface area contributed by atoms with Gasteiger partial charge in [0.25, 0.3) is 0 Å². The molecule has 2 aromatic carbocycles. The maximum Gasteiger partial charge on any atom is 0.417 e. The van der Waals surface area contributed by atoms with Crippen molar-refractivity contribution in [3.63, 3.8) is 0 Å². The van der Waals surface area contributed by atoms with Crippen LogP contribution in [0, 0.1) is 34.5 Å². The molecule has 2 aromatic rings. The van der Waals surface area contributed by atoms with Crippen LogP contribution in [0.5, 0.6) is 0 Å². The molecule has 7 nitrogen and oxygen atoms in total. The Bertz CT molecular complexity index is 1350. The SMILES string of the molecule is N#CCCC12CCC(CCOCc3ccccc3)(O1)C1C(=O)N(c3ccc(C#N)c(C(F)(F)F)c3)C(=O)C12. The summed E-state index contributed by atoms with van der Waals surface area (Å²) in [5.74, 6) is -3.06. The summed E-state index contributed by atoms with van der Waals surface area (Å²) in [5, 5.41) is 18.3. The van der Waals surface area contributed by atoms with E-state index < -0.39 is 52.2 Å². The summed E-state index contributed by atoms with van der Waals surface area (Å²) < 4.78 is 53.2. The number of amides is 2. The highest BCUT2D eigenvalue weighted by Gasteiger charge is 2.75. The Morgan fingerprint density at radius 3 is 2.26 bits per heavy atom. The van der Waals surface area contributed by atoms with Gasteiger partial charge >= 0.3 is 6.18 Å². The zero-order valence-corrected chi connectivity index (χ0v) is 20.3. The largest absolute Gasteiger partial charge is 0.417 e. The standard InChI is InChI=1S/C28H24F3N3O4/c29-28(30,31)21-15-20(8-7-19(21)16-33)34-24(35)22-23(25(34)36)27(11-10-26(22,38-27)9-4-13-32)12-14-37-17-18-5-2-1-3-6-18/h1-3,5-8,15,22-23H,4,9-12,14,17H2. The highest BCUT2D eigenvalue weighted by molar-refractivity contribution is 6.23. The summed E-state index contributed by atoms with van der Waals surface area (Å²) in [6, 6.07) is 15.9. The minimum atomic E-state index is -4.84. The van der Waals surface area contributed by atoms with E-state index in [2.05, 4.69) is 6.07 Å². The number of fused-ring (bicyclic) bond motifs is 5. The third kappa shape index (κ3) is 4.14. The highest BCUT2D eigenvalue weighted by atomic mass is 19.4. The second-order valence-electron chi connectivity index (χ2n) is 9.98. The van der Waals surface area contributed by atoms with Crippen LogP contribution in [-0.4, -0.2) is 29.6 Å². The number of anilines is 1. The minimum absolute atomic E-state index is 0.111. The van der Waals surface area contributed by atoms with Gasteiger partial charge in [0.2, 0.25) is 11.8 Å². The molecule has 0 radical (unpaired) electrons. The number of alkyl halides is 3. The lowest BCUT2D eigenvalue weighted by atomic mass is 9.65. The van der Waals surface area contributed by atoms with Crippen LogP contribution in [0.4, 0.5) is 18.9 Å². The number of carbonyl (C=O) groups is 2. The maximum atomic E-state index is 13.8. The maximum absolute atomic E-state index is 13.8. The van der Waals surface area contributed by atoms with Crippen LogP contribution in [0.15, 0.2) is 48.5 Å². The molecule has 0 N–H and O–H groups in total. The minimum Gasteiger partial charge on any atom is -0.377 e. The lowest BCUT2D eigenvalue weighted by Gasteiger charge is -2.31. The topological polar surface area (TPSA) is 103 Å². The van der Waals surface area contributed by atoms with Gasteiger partial charge in [-0.3, -0.25) is 9.59 Å². The zero-order valence-electron chi connectivity index (χ0n) is 20.3. The average molecular weight is 524 g/mol. The van der Waals surface area contributed by atoms with Crippen molar-refractivity contribution >= 4 is 17.5 Å². The predicted octanol–water partition coefficient (Wildman–Crippen LogP) is 4.89. The quantitative estimate of drug-likeness (QED) is 0.360. The van der Waals surface area contributed by atoms with Crippen LogP contribution >= 0.6 is 0 Å². The molecule has 2 amide bonds. The second kappa shape index (κ2) is 9.54. The van der Waals surface area contributed by atoms with Crippen molar-refractivity contribution in [1.29, 1.82) is 10.5 Å². The van der Waals surface area contributed by atoms with Gasteiger partial charge in [0, 0.05) is 19.4 Å². The van der Waals surface area contributed by atoms with Gasteiger partial charge in [-0.05, 0) is 43.0 Å². The Labute approximate surface area is 217 Å². The summed E-state index contributed by atoms with van der Waals surface area (Å²) in [6.07, 6.45) is -3.23. The van der Waals surface area contributed by atoms with E-state index in [9.17, 15) is 28.0 Å². The molecule has 10 heteroatoms. The van der Waals surface area contributed by atoms with Gasteiger partial charge in [0.1, 0.15) is 0 Å². The van der Waals surface area contributed by atoms with Crippen molar-refractivity contribution in [3.8, 4) is 12.1 Å². The van der Waals surface area contributed by atoms with Crippen molar-refractivity contribution < 1.29 is 32.2 Å². The summed E-state index contributed by atoms with van der Waals surface area (Å²) in [5.41, 5.74) is -3.12. The predicted molar refractivity (Wildman–Crippen MR) is 127 cm³/mol. The first-order valence-electron chi connectivity index (χ1n) is 12.3. The van der Waals surface area contributed by atoms with Crippen LogP contribution in [0.1, 0.15) is 48.8 Å². The van der Waals surface area contributed by atoms with Gasteiger partial charge < -0.3 is 9.47 Å². The summed E-state index contributed by atoms with van der Waals surface area (Å²) in [4.78, 5) is 28.3. The molecular weight excluding hydrogens is 499 g/mol. The molecule has 0 spiro atoms. The molecule has 2 bridgehead atoms. The van der Waals surface area contributed by atoms with Crippen molar-refractivity contribution in [2.75, 3.05) is 11.5 Å². The highest BCUT2D eigenvalue weighted by Crippen LogP contribution is 2.64. The van der Waals surface area contributed by atoms with Crippen LogP contribution in [-0.2, 0) is 31.8 Å². The summed E-state index contributed by atoms with van der Waals surface area (Å²) in [7, 11) is 0. The molecule has 3 saturated heterocycles. The van der Waals surface area contributed by atoms with Gasteiger partial charge in [-0.25, -0.2) is 4.90 Å². The van der Waals surface area contributed by atoms with E-state index in [0.717, 1.165) is 16.5 Å². The molecule has 0 saturated carbocycles. The van der Waals surface area contributed by atoms with Gasteiger partial charge in [-0.15, -0.1) is 0 Å². The third-order valence-corrected chi connectivity index (χ3v) is 7.95. The Balaban J connectivity index is 1.45. The first-order chi connectivity index (χ1) is 18.2. The first-order valence-corrected chi connectivity index (χ1v) is 12.3. The van der Waals surface area contributed by atoms with E-state index in [4.69, 9.17) is 14.7 Å². The molecule has 4 unspecified atom stereocenters. The number of imide groups is 1. The van der Waals surface area contributed by atoms with Gasteiger partial charge in [-0.2, -0.15) is 23.7 Å². The lowest BCUT2D eigenvalue weighted by Crippen LogP contribution is -2.43. The van der Waals surface area contributed by atoms with E-state index >= 15 is 0 Å². The van der Waals surface area contributed by atoms with Crippen molar-refractivity contribution in [2.45, 2.75) is 56.1 Å². The van der Waals surface area contributed by atoms with Crippen molar-refractivity contribution in [3.05, 3.63) is 65.2 Å². The second-order valence-corrected chi connectivity index (χ2v) is 9.98. The smallest absolute Gasteiger partial charge is 0.377 e. The Morgan fingerprint density at radius 1 is 1.00 bits per heavy atom. The number of nitriles is 2. The Hall–Kier alpha value is -3.73. The molecule has 0 aromatic heterocycles. The number of hydrogen-bond donors (Lipinski definition) is 0. The zero-order chi connectivity index (χ0) is 27.1. The molecule has 3 heterocycles. The number of halogens is 3. The molecule has 3 aliphatic heterocycles. The van der Waals surface area contributed by atoms with Gasteiger partial charge in [0.15, 0.2) is 0 Å². The molecule has 196 valence electrons. The van der Waals surface area contributed by atoms with E-state index in [-0.39, 0.29) is 25.1 Å². The molecule has 3 fully saturated rings. The van der Waals surface area contributed by atoms with Gasteiger partial charge in [0.05, 0.1) is 58.6 Å². The number of rotatable bonds is 8. The number of benzene rings is 2. The monoisotopic (exact) mass is 523 g/mol. The summed E-state index contributed by atoms with van der Waals surface area (Å²) >= 11 is 0. The third-order valence-electron chi connectivity index (χ3n) is 7.95. The summed E-state index contributed by atoms with van der Waals surface area (Å²) in [6.45, 7) is 0.609. The average Bonchev–Trinajstić information content (AvgIpc) is 3.51. The van der Waals surface area contributed by atoms with Crippen molar-refractivity contribution in [2.24, 2.45) is 11.8 Å². The Morgan fingerprint density at radius 2 is 1.66 bits per heavy atom. The van der Waals surface area contributed by atoms with Crippen LogP contribution in [0.25, 0.3) is 0 Å². The van der Waals surface area contributed by atoms with E-state index in [1.807, 2.05) is 30.3 Å². The molecule has 5 rings (SSSR count). The van der Waals surface area contributed by atoms with Crippen LogP contribution in [0.2, 0.25) is 0 Å². The van der Waals surface area contributed by atoms with E-state index in [0.29, 0.717) is 31.9 Å². The number of hydrogen-bond acceptors (Lipinski definition) is 6. The molecule has 3 aliphatic rings. The fourth-order valence-corrected chi connectivity index (χ4v) is 6.30. The normalized spacial score (nSPS) is 27.9. The lowest BCUT2D eigenvalue weighted by molar-refractivity contribution is -0.138. The molecular formula is C28H24F3N3O4.